The van der Waals surface area contributed by atoms with Crippen LogP contribution in [-0.4, -0.2) is 37.3 Å². The van der Waals surface area contributed by atoms with Gasteiger partial charge >= 0.3 is 0 Å². The highest BCUT2D eigenvalue weighted by Crippen LogP contribution is 2.28. The molecule has 3 unspecified atom stereocenters. The molecule has 21 heavy (non-hydrogen) atoms. The van der Waals surface area contributed by atoms with E-state index in [1.807, 2.05) is 31.2 Å². The zero-order chi connectivity index (χ0) is 15.2. The molecule has 0 aliphatic heterocycles. The summed E-state index contributed by atoms with van der Waals surface area (Å²) in [6, 6.07) is 7.96. The third-order valence-corrected chi connectivity index (χ3v) is 3.68. The number of rotatable bonds is 6. The van der Waals surface area contributed by atoms with Crippen LogP contribution >= 0.6 is 0 Å². The summed E-state index contributed by atoms with van der Waals surface area (Å²) < 4.78 is 5.17. The summed E-state index contributed by atoms with van der Waals surface area (Å²) in [5, 5.41) is 16.8. The number of ether oxygens (including phenoxy) is 1. The van der Waals surface area contributed by atoms with E-state index in [1.54, 1.807) is 7.11 Å². The molecule has 1 aliphatic carbocycles. The maximum atomic E-state index is 10.2. The largest absolute Gasteiger partial charge is 0.497 e. The standard InChI is InChI=1S/C16H25N3O2/c1-4-17-16(19-14-8-11(14)2)18-10-15(20)12-6-5-7-13(9-12)21-3/h5-7,9,11,14-15,20H,4,8,10H2,1-3H3,(H2,17,18,19). The first-order valence-corrected chi connectivity index (χ1v) is 7.51. The van der Waals surface area contributed by atoms with E-state index in [4.69, 9.17) is 4.74 Å². The van der Waals surface area contributed by atoms with Crippen molar-refractivity contribution in [1.29, 1.82) is 0 Å². The smallest absolute Gasteiger partial charge is 0.191 e. The number of aliphatic imine (C=N–C) groups is 1. The Bertz CT molecular complexity index is 490. The fourth-order valence-electron chi connectivity index (χ4n) is 2.15. The van der Waals surface area contributed by atoms with Crippen molar-refractivity contribution in [2.45, 2.75) is 32.4 Å². The Hall–Kier alpha value is -1.75. The maximum absolute atomic E-state index is 10.2. The quantitative estimate of drug-likeness (QED) is 0.551. The van der Waals surface area contributed by atoms with Crippen LogP contribution in [0.5, 0.6) is 5.75 Å². The van der Waals surface area contributed by atoms with Crippen LogP contribution in [0.2, 0.25) is 0 Å². The van der Waals surface area contributed by atoms with Crippen molar-refractivity contribution in [3.63, 3.8) is 0 Å². The van der Waals surface area contributed by atoms with Crippen molar-refractivity contribution in [3.05, 3.63) is 29.8 Å². The summed E-state index contributed by atoms with van der Waals surface area (Å²) in [7, 11) is 1.62. The molecule has 0 spiro atoms. The van der Waals surface area contributed by atoms with Gasteiger partial charge in [0, 0.05) is 12.6 Å². The number of nitrogens with zero attached hydrogens (tertiary/aromatic N) is 1. The van der Waals surface area contributed by atoms with E-state index in [-0.39, 0.29) is 0 Å². The molecule has 0 amide bonds. The minimum Gasteiger partial charge on any atom is -0.497 e. The van der Waals surface area contributed by atoms with Crippen LogP contribution in [0.3, 0.4) is 0 Å². The minimum absolute atomic E-state index is 0.323. The molecule has 1 aromatic rings. The van der Waals surface area contributed by atoms with Gasteiger partial charge < -0.3 is 20.5 Å². The predicted molar refractivity (Wildman–Crippen MR) is 84.6 cm³/mol. The number of methoxy groups -OCH3 is 1. The van der Waals surface area contributed by atoms with Gasteiger partial charge in [0.25, 0.3) is 0 Å². The second-order valence-electron chi connectivity index (χ2n) is 5.48. The minimum atomic E-state index is -0.632. The van der Waals surface area contributed by atoms with E-state index in [9.17, 15) is 5.11 Å². The Morgan fingerprint density at radius 2 is 2.29 bits per heavy atom. The van der Waals surface area contributed by atoms with Crippen molar-refractivity contribution >= 4 is 5.96 Å². The van der Waals surface area contributed by atoms with Crippen molar-refractivity contribution in [3.8, 4) is 5.75 Å². The monoisotopic (exact) mass is 291 g/mol. The lowest BCUT2D eigenvalue weighted by atomic mass is 10.1. The summed E-state index contributed by atoms with van der Waals surface area (Å²) in [6.07, 6.45) is 0.551. The molecule has 1 aliphatic rings. The Morgan fingerprint density at radius 1 is 1.52 bits per heavy atom. The van der Waals surface area contributed by atoms with E-state index in [0.717, 1.165) is 23.8 Å². The number of guanidine groups is 1. The molecule has 5 nitrogen and oxygen atoms in total. The van der Waals surface area contributed by atoms with Gasteiger partial charge in [-0.2, -0.15) is 0 Å². The number of aliphatic hydroxyl groups is 1. The number of aliphatic hydroxyl groups excluding tert-OH is 1. The molecule has 3 N–H and O–H groups in total. The molecule has 0 saturated heterocycles. The van der Waals surface area contributed by atoms with Crippen molar-refractivity contribution in [2.75, 3.05) is 20.2 Å². The van der Waals surface area contributed by atoms with Gasteiger partial charge in [0.2, 0.25) is 0 Å². The number of nitrogens with one attached hydrogen (secondary N) is 2. The lowest BCUT2D eigenvalue weighted by Gasteiger charge is -2.13. The van der Waals surface area contributed by atoms with Crippen molar-refractivity contribution in [2.24, 2.45) is 10.9 Å². The normalized spacial score (nSPS) is 22.6. The predicted octanol–water partition coefficient (Wildman–Crippen LogP) is 1.69. The van der Waals surface area contributed by atoms with Crippen molar-refractivity contribution < 1.29 is 9.84 Å². The summed E-state index contributed by atoms with van der Waals surface area (Å²) in [6.45, 7) is 5.38. The Labute approximate surface area is 126 Å². The zero-order valence-corrected chi connectivity index (χ0v) is 13.0. The molecule has 1 saturated carbocycles. The lowest BCUT2D eigenvalue weighted by molar-refractivity contribution is 0.186. The molecule has 116 valence electrons. The van der Waals surface area contributed by atoms with E-state index in [2.05, 4.69) is 22.5 Å². The summed E-state index contributed by atoms with van der Waals surface area (Å²) in [5.41, 5.74) is 0.814. The number of hydrogen-bond acceptors (Lipinski definition) is 3. The summed E-state index contributed by atoms with van der Waals surface area (Å²) in [4.78, 5) is 4.46. The summed E-state index contributed by atoms with van der Waals surface area (Å²) >= 11 is 0. The third-order valence-electron chi connectivity index (χ3n) is 3.68. The number of benzene rings is 1. The molecule has 0 radical (unpaired) electrons. The van der Waals surface area contributed by atoms with Crippen molar-refractivity contribution in [1.82, 2.24) is 10.6 Å². The van der Waals surface area contributed by atoms with Crippen LogP contribution in [0.4, 0.5) is 0 Å². The first-order chi connectivity index (χ1) is 10.1. The Balaban J connectivity index is 1.95. The topological polar surface area (TPSA) is 65.9 Å². The van der Waals surface area contributed by atoms with Gasteiger partial charge in [-0.25, -0.2) is 0 Å². The van der Waals surface area contributed by atoms with Gasteiger partial charge in [-0.1, -0.05) is 19.1 Å². The second-order valence-corrected chi connectivity index (χ2v) is 5.48. The summed E-state index contributed by atoms with van der Waals surface area (Å²) in [5.74, 6) is 2.22. The van der Waals surface area contributed by atoms with Gasteiger partial charge in [0.05, 0.1) is 19.8 Å². The van der Waals surface area contributed by atoms with Gasteiger partial charge in [-0.3, -0.25) is 4.99 Å². The number of hydrogen-bond donors (Lipinski definition) is 3. The van der Waals surface area contributed by atoms with Crippen LogP contribution in [0.1, 0.15) is 31.9 Å². The molecule has 0 aromatic heterocycles. The fraction of sp³-hybridized carbons (Fsp3) is 0.562. The molecule has 3 atom stereocenters. The molecule has 1 fully saturated rings. The van der Waals surface area contributed by atoms with Crippen LogP contribution in [-0.2, 0) is 0 Å². The average Bonchev–Trinajstić information content (AvgIpc) is 3.19. The van der Waals surface area contributed by atoms with Gasteiger partial charge in [-0.15, -0.1) is 0 Å². The molecule has 1 aromatic carbocycles. The highest BCUT2D eigenvalue weighted by Gasteiger charge is 2.33. The van der Waals surface area contributed by atoms with E-state index in [0.29, 0.717) is 18.5 Å². The average molecular weight is 291 g/mol. The van der Waals surface area contributed by atoms with Crippen LogP contribution in [0.25, 0.3) is 0 Å². The van der Waals surface area contributed by atoms with Crippen LogP contribution in [0.15, 0.2) is 29.3 Å². The SMILES string of the molecule is CCNC(=NCC(O)c1cccc(OC)c1)NC1CC1C. The van der Waals surface area contributed by atoms with E-state index in [1.165, 1.54) is 6.42 Å². The zero-order valence-electron chi connectivity index (χ0n) is 13.0. The molecule has 5 heteroatoms. The van der Waals surface area contributed by atoms with E-state index >= 15 is 0 Å². The molecular weight excluding hydrogens is 266 g/mol. The molecule has 0 bridgehead atoms. The fourth-order valence-corrected chi connectivity index (χ4v) is 2.15. The maximum Gasteiger partial charge on any atom is 0.191 e. The van der Waals surface area contributed by atoms with Crippen LogP contribution < -0.4 is 15.4 Å². The highest BCUT2D eigenvalue weighted by molar-refractivity contribution is 5.80. The molecule has 0 heterocycles. The van der Waals surface area contributed by atoms with E-state index < -0.39 is 6.10 Å². The highest BCUT2D eigenvalue weighted by atomic mass is 16.5. The lowest BCUT2D eigenvalue weighted by Crippen LogP contribution is -2.39. The third kappa shape index (κ3) is 4.63. The first kappa shape index (κ1) is 15.6. The second kappa shape index (κ2) is 7.31. The van der Waals surface area contributed by atoms with Gasteiger partial charge in [0.15, 0.2) is 5.96 Å². The van der Waals surface area contributed by atoms with Crippen LogP contribution in [0, 0.1) is 5.92 Å². The molecule has 2 rings (SSSR count). The Morgan fingerprint density at radius 3 is 2.90 bits per heavy atom. The van der Waals surface area contributed by atoms with Gasteiger partial charge in [-0.05, 0) is 37.0 Å². The first-order valence-electron chi connectivity index (χ1n) is 7.51. The Kier molecular flexibility index (Phi) is 5.44. The van der Waals surface area contributed by atoms with Gasteiger partial charge in [0.1, 0.15) is 5.75 Å². The molecular formula is C16H25N3O2.